The maximum atomic E-state index is 12.4. The van der Waals surface area contributed by atoms with Crippen molar-refractivity contribution in [2.75, 3.05) is 4.93 Å². The maximum absolute atomic E-state index is 12.4. The summed E-state index contributed by atoms with van der Waals surface area (Å²) in [7, 11) is 0. The first-order chi connectivity index (χ1) is 10.1. The Kier molecular flexibility index (Phi) is 5.98. The number of halogens is 2. The monoisotopic (exact) mass is 507 g/mol. The van der Waals surface area contributed by atoms with Crippen molar-refractivity contribution in [2.45, 2.75) is 20.3 Å². The number of nitrogens with zero attached hydrogens (tertiary/aromatic N) is 1. The summed E-state index contributed by atoms with van der Waals surface area (Å²) in [6, 6.07) is 7.55. The molecule has 5 heteroatoms. The number of nitrogens with one attached hydrogen (secondary N) is 1. The molecule has 0 aliphatic heterocycles. The fourth-order valence-electron chi connectivity index (χ4n) is 2.00. The van der Waals surface area contributed by atoms with Crippen LogP contribution in [-0.2, 0) is 0 Å². The van der Waals surface area contributed by atoms with Gasteiger partial charge in [-0.3, -0.25) is 0 Å². The van der Waals surface area contributed by atoms with Gasteiger partial charge in [0.1, 0.15) is 0 Å². The molecule has 0 bridgehead atoms. The Balaban J connectivity index is 0.000000497. The standard InChI is InChI=1S/C13H9I2N2O.C3H8/c1-15-10-9(14)5-4-7-11(10)17-13-8(12(7)18)3-2-6-16-13;1-3-2/h2-6H,1H3,(H,16,17,18);3H2,1-2H3/q-1;. The summed E-state index contributed by atoms with van der Waals surface area (Å²) in [6.07, 6.45) is 2.96. The van der Waals surface area contributed by atoms with Crippen LogP contribution < -0.4 is 26.6 Å². The van der Waals surface area contributed by atoms with E-state index >= 15 is 0 Å². The number of benzene rings is 1. The van der Waals surface area contributed by atoms with Gasteiger partial charge in [-0.05, 0) is 0 Å². The zero-order valence-electron chi connectivity index (χ0n) is 12.2. The third-order valence-corrected chi connectivity index (χ3v) is 6.95. The first-order valence-corrected chi connectivity index (χ1v) is 11.0. The second kappa shape index (κ2) is 7.53. The zero-order chi connectivity index (χ0) is 15.4. The van der Waals surface area contributed by atoms with Crippen LogP contribution in [-0.4, -0.2) is 14.9 Å². The molecule has 21 heavy (non-hydrogen) atoms. The summed E-state index contributed by atoms with van der Waals surface area (Å²) >= 11 is 2.24. The molecule has 0 spiro atoms. The van der Waals surface area contributed by atoms with E-state index in [1.54, 1.807) is 12.3 Å². The van der Waals surface area contributed by atoms with Crippen molar-refractivity contribution in [3.8, 4) is 0 Å². The van der Waals surface area contributed by atoms with Gasteiger partial charge in [0.15, 0.2) is 0 Å². The Hall–Kier alpha value is -0.700. The van der Waals surface area contributed by atoms with E-state index in [0.29, 0.717) is 11.0 Å². The molecule has 2 aromatic heterocycles. The summed E-state index contributed by atoms with van der Waals surface area (Å²) in [5, 5.41) is 1.43. The number of hydrogen-bond donors (Lipinski definition) is 1. The minimum absolute atomic E-state index is 0.0713. The van der Waals surface area contributed by atoms with E-state index in [2.05, 4.69) is 51.3 Å². The summed E-state index contributed by atoms with van der Waals surface area (Å²) < 4.78 is 2.51. The number of hydrogen-bond acceptors (Lipinski definition) is 2. The predicted molar refractivity (Wildman–Crippen MR) is 93.2 cm³/mol. The minimum atomic E-state index is -0.0893. The molecule has 0 saturated heterocycles. The summed E-state index contributed by atoms with van der Waals surface area (Å²) in [5.74, 6) is 0. The normalized spacial score (nSPS) is 10.7. The van der Waals surface area contributed by atoms with Gasteiger partial charge in [-0.2, -0.15) is 0 Å². The number of fused-ring (bicyclic) bond motifs is 2. The van der Waals surface area contributed by atoms with E-state index in [1.165, 1.54) is 13.6 Å². The molecule has 1 N–H and O–H groups in total. The van der Waals surface area contributed by atoms with Crippen LogP contribution in [0.25, 0.3) is 21.9 Å². The molecule has 0 saturated carbocycles. The second-order valence-electron chi connectivity index (χ2n) is 4.53. The van der Waals surface area contributed by atoms with Gasteiger partial charge in [0.25, 0.3) is 0 Å². The van der Waals surface area contributed by atoms with E-state index in [9.17, 15) is 4.79 Å². The third-order valence-electron chi connectivity index (χ3n) is 2.82. The Bertz CT molecular complexity index is 827. The number of aromatic nitrogens is 2. The Labute approximate surface area is 148 Å². The van der Waals surface area contributed by atoms with Gasteiger partial charge in [0.05, 0.1) is 0 Å². The van der Waals surface area contributed by atoms with Crippen molar-refractivity contribution in [1.82, 2.24) is 9.97 Å². The quantitative estimate of drug-likeness (QED) is 0.304. The van der Waals surface area contributed by atoms with Crippen molar-refractivity contribution in [2.24, 2.45) is 0 Å². The van der Waals surface area contributed by atoms with E-state index in [4.69, 9.17) is 0 Å². The summed E-state index contributed by atoms with van der Waals surface area (Å²) in [5.41, 5.74) is 1.71. The third kappa shape index (κ3) is 3.39. The van der Waals surface area contributed by atoms with E-state index < -0.39 is 0 Å². The molecule has 0 fully saturated rings. The SMILES string of the molecule is CCC.C[I-]c1c(I)ccc2c(=O)c3cccnc3[nH]c12. The molecule has 3 nitrogen and oxygen atoms in total. The number of alkyl halides is 1. The molecule has 1 aromatic carbocycles. The van der Waals surface area contributed by atoms with Crippen LogP contribution in [0.2, 0.25) is 0 Å². The Morgan fingerprint density at radius 2 is 1.95 bits per heavy atom. The Morgan fingerprint density at radius 3 is 2.62 bits per heavy atom. The molecular weight excluding hydrogens is 490 g/mol. The topological polar surface area (TPSA) is 45.8 Å². The zero-order valence-corrected chi connectivity index (χ0v) is 16.5. The van der Waals surface area contributed by atoms with Crippen molar-refractivity contribution >= 4 is 44.5 Å². The predicted octanol–water partition coefficient (Wildman–Crippen LogP) is 0.986. The average molecular weight is 507 g/mol. The van der Waals surface area contributed by atoms with Crippen LogP contribution >= 0.6 is 22.6 Å². The van der Waals surface area contributed by atoms with Crippen molar-refractivity contribution < 1.29 is 21.2 Å². The van der Waals surface area contributed by atoms with Crippen LogP contribution in [0.4, 0.5) is 0 Å². The number of rotatable bonds is 1. The van der Waals surface area contributed by atoms with Crippen LogP contribution in [0.15, 0.2) is 35.3 Å². The number of H-pyrrole nitrogens is 1. The molecule has 3 rings (SSSR count). The first kappa shape index (κ1) is 16.7. The number of aromatic amines is 1. The molecule has 0 atom stereocenters. The molecule has 0 aliphatic carbocycles. The average Bonchev–Trinajstić information content (AvgIpc) is 2.48. The van der Waals surface area contributed by atoms with Crippen LogP contribution in [0.5, 0.6) is 0 Å². The summed E-state index contributed by atoms with van der Waals surface area (Å²) in [6.45, 7) is 4.25. The van der Waals surface area contributed by atoms with Crippen LogP contribution in [0, 0.1) is 7.14 Å². The van der Waals surface area contributed by atoms with E-state index in [-0.39, 0.29) is 26.6 Å². The molecular formula is C16H17I2N2O-. The van der Waals surface area contributed by atoms with Crippen LogP contribution in [0.1, 0.15) is 20.3 Å². The second-order valence-corrected chi connectivity index (χ2v) is 7.85. The van der Waals surface area contributed by atoms with E-state index in [1.807, 2.05) is 18.2 Å². The van der Waals surface area contributed by atoms with Crippen molar-refractivity contribution in [3.63, 3.8) is 0 Å². The fourth-order valence-corrected chi connectivity index (χ4v) is 5.48. The molecule has 0 unspecified atom stereocenters. The van der Waals surface area contributed by atoms with Gasteiger partial charge in [-0.1, -0.05) is 20.3 Å². The molecule has 2 heterocycles. The molecule has 0 radical (unpaired) electrons. The number of pyridine rings is 2. The van der Waals surface area contributed by atoms with Gasteiger partial charge in [-0.15, -0.1) is 0 Å². The van der Waals surface area contributed by atoms with E-state index in [0.717, 1.165) is 10.9 Å². The van der Waals surface area contributed by atoms with Crippen LogP contribution in [0.3, 0.4) is 0 Å². The van der Waals surface area contributed by atoms with Gasteiger partial charge in [0, 0.05) is 0 Å². The van der Waals surface area contributed by atoms with Gasteiger partial charge in [0.2, 0.25) is 0 Å². The van der Waals surface area contributed by atoms with Crippen molar-refractivity contribution in [1.29, 1.82) is 0 Å². The van der Waals surface area contributed by atoms with Gasteiger partial charge >= 0.3 is 128 Å². The summed E-state index contributed by atoms with van der Waals surface area (Å²) in [4.78, 5) is 22.2. The van der Waals surface area contributed by atoms with Gasteiger partial charge in [-0.25, -0.2) is 0 Å². The Morgan fingerprint density at radius 1 is 1.24 bits per heavy atom. The molecule has 0 amide bonds. The molecule has 3 aromatic rings. The fraction of sp³-hybridized carbons (Fsp3) is 0.250. The van der Waals surface area contributed by atoms with Gasteiger partial charge < -0.3 is 0 Å². The first-order valence-electron chi connectivity index (χ1n) is 6.72. The molecule has 112 valence electrons. The van der Waals surface area contributed by atoms with Crippen molar-refractivity contribution in [3.05, 3.63) is 47.8 Å². The molecule has 0 aliphatic rings.